The average Bonchev–Trinajstić information content (AvgIpc) is 2.37. The number of hydrogen-bond donors (Lipinski definition) is 2. The van der Waals surface area contributed by atoms with E-state index < -0.39 is 0 Å². The van der Waals surface area contributed by atoms with Crippen molar-refractivity contribution in [2.75, 3.05) is 12.4 Å². The first-order valence-electron chi connectivity index (χ1n) is 6.98. The van der Waals surface area contributed by atoms with Crippen LogP contribution in [0.25, 0.3) is 0 Å². The molecule has 0 aliphatic carbocycles. The summed E-state index contributed by atoms with van der Waals surface area (Å²) in [4.78, 5) is 12.0. The van der Waals surface area contributed by atoms with Crippen molar-refractivity contribution in [1.82, 2.24) is 5.32 Å². The van der Waals surface area contributed by atoms with Crippen LogP contribution >= 0.6 is 0 Å². The maximum Gasteiger partial charge on any atom is 0.241 e. The lowest BCUT2D eigenvalue weighted by Crippen LogP contribution is -2.35. The van der Waals surface area contributed by atoms with Crippen molar-refractivity contribution >= 4 is 11.6 Å². The number of benzene rings is 1. The third-order valence-corrected chi connectivity index (χ3v) is 3.45. The first-order chi connectivity index (χ1) is 8.86. The van der Waals surface area contributed by atoms with E-state index in [-0.39, 0.29) is 11.9 Å². The van der Waals surface area contributed by atoms with Crippen molar-refractivity contribution in [2.45, 2.75) is 52.5 Å². The molecule has 1 atom stereocenters. The Morgan fingerprint density at radius 2 is 1.68 bits per heavy atom. The first kappa shape index (κ1) is 15.7. The quantitative estimate of drug-likeness (QED) is 0.853. The molecule has 0 saturated heterocycles. The van der Waals surface area contributed by atoms with Crippen LogP contribution in [0.1, 0.15) is 57.6 Å². The van der Waals surface area contributed by atoms with E-state index in [0.29, 0.717) is 11.8 Å². The lowest BCUT2D eigenvalue weighted by molar-refractivity contribution is -0.117. The highest BCUT2D eigenvalue weighted by Gasteiger charge is 2.15. The lowest BCUT2D eigenvalue weighted by Gasteiger charge is -2.18. The van der Waals surface area contributed by atoms with E-state index in [9.17, 15) is 4.79 Å². The predicted molar refractivity (Wildman–Crippen MR) is 81.8 cm³/mol. The van der Waals surface area contributed by atoms with Gasteiger partial charge in [-0.2, -0.15) is 0 Å². The summed E-state index contributed by atoms with van der Waals surface area (Å²) in [5.74, 6) is 0.888. The van der Waals surface area contributed by atoms with E-state index in [2.05, 4.69) is 50.5 Å². The van der Waals surface area contributed by atoms with Gasteiger partial charge in [-0.05, 0) is 43.0 Å². The van der Waals surface area contributed by atoms with E-state index >= 15 is 0 Å². The molecule has 0 aliphatic rings. The third kappa shape index (κ3) is 4.06. The molecule has 1 aromatic rings. The Morgan fingerprint density at radius 3 is 2.16 bits per heavy atom. The standard InChI is InChI=1S/C16H26N2O/c1-10(2)13-7-8-15(14(9-13)11(3)4)18-16(19)12(5)17-6/h7-12,17H,1-6H3,(H,18,19). The maximum atomic E-state index is 12.0. The summed E-state index contributed by atoms with van der Waals surface area (Å²) in [5.41, 5.74) is 3.43. The minimum atomic E-state index is -0.190. The highest BCUT2D eigenvalue weighted by molar-refractivity contribution is 5.95. The average molecular weight is 262 g/mol. The van der Waals surface area contributed by atoms with Gasteiger partial charge in [0.2, 0.25) is 5.91 Å². The zero-order valence-corrected chi connectivity index (χ0v) is 12.9. The zero-order valence-electron chi connectivity index (χ0n) is 12.9. The van der Waals surface area contributed by atoms with Gasteiger partial charge in [0.15, 0.2) is 0 Å². The van der Waals surface area contributed by atoms with Crippen molar-refractivity contribution in [3.8, 4) is 0 Å². The second-order valence-corrected chi connectivity index (χ2v) is 5.66. The van der Waals surface area contributed by atoms with E-state index in [0.717, 1.165) is 5.69 Å². The van der Waals surface area contributed by atoms with Crippen LogP contribution in [-0.4, -0.2) is 19.0 Å². The van der Waals surface area contributed by atoms with Crippen LogP contribution in [0.15, 0.2) is 18.2 Å². The van der Waals surface area contributed by atoms with Crippen molar-refractivity contribution < 1.29 is 4.79 Å². The molecular weight excluding hydrogens is 236 g/mol. The number of carbonyl (C=O) groups excluding carboxylic acids is 1. The minimum Gasteiger partial charge on any atom is -0.324 e. The molecule has 0 fully saturated rings. The molecule has 0 radical (unpaired) electrons. The van der Waals surface area contributed by atoms with Gasteiger partial charge < -0.3 is 10.6 Å². The van der Waals surface area contributed by atoms with E-state index in [1.807, 2.05) is 13.0 Å². The van der Waals surface area contributed by atoms with Crippen LogP contribution in [-0.2, 0) is 4.79 Å². The second kappa shape index (κ2) is 6.71. The van der Waals surface area contributed by atoms with Gasteiger partial charge in [-0.25, -0.2) is 0 Å². The SMILES string of the molecule is CNC(C)C(=O)Nc1ccc(C(C)C)cc1C(C)C. The topological polar surface area (TPSA) is 41.1 Å². The monoisotopic (exact) mass is 262 g/mol. The Kier molecular flexibility index (Phi) is 5.55. The summed E-state index contributed by atoms with van der Waals surface area (Å²) < 4.78 is 0. The predicted octanol–water partition coefficient (Wildman–Crippen LogP) is 3.48. The molecule has 1 rings (SSSR count). The minimum absolute atomic E-state index is 0.00157. The maximum absolute atomic E-state index is 12.0. The van der Waals surface area contributed by atoms with Crippen LogP contribution in [0.5, 0.6) is 0 Å². The van der Waals surface area contributed by atoms with Crippen molar-refractivity contribution in [3.05, 3.63) is 29.3 Å². The van der Waals surface area contributed by atoms with E-state index in [1.165, 1.54) is 11.1 Å². The third-order valence-electron chi connectivity index (χ3n) is 3.45. The molecule has 1 unspecified atom stereocenters. The van der Waals surface area contributed by atoms with Gasteiger partial charge >= 0.3 is 0 Å². The molecule has 2 N–H and O–H groups in total. The largest absolute Gasteiger partial charge is 0.324 e. The summed E-state index contributed by atoms with van der Waals surface area (Å²) in [6.45, 7) is 10.5. The molecule has 3 nitrogen and oxygen atoms in total. The molecule has 0 saturated carbocycles. The first-order valence-corrected chi connectivity index (χ1v) is 6.98. The Hall–Kier alpha value is -1.35. The summed E-state index contributed by atoms with van der Waals surface area (Å²) in [7, 11) is 1.79. The van der Waals surface area contributed by atoms with Gasteiger partial charge in [0.25, 0.3) is 0 Å². The van der Waals surface area contributed by atoms with Crippen LogP contribution in [0.4, 0.5) is 5.69 Å². The smallest absolute Gasteiger partial charge is 0.241 e. The Morgan fingerprint density at radius 1 is 1.05 bits per heavy atom. The number of nitrogens with one attached hydrogen (secondary N) is 2. The number of likely N-dealkylation sites (N-methyl/N-ethyl adjacent to an activating group) is 1. The molecule has 0 bridgehead atoms. The fourth-order valence-corrected chi connectivity index (χ4v) is 1.90. The normalized spacial score (nSPS) is 12.8. The van der Waals surface area contributed by atoms with Crippen LogP contribution in [0.2, 0.25) is 0 Å². The molecule has 1 aromatic carbocycles. The van der Waals surface area contributed by atoms with Crippen molar-refractivity contribution in [3.63, 3.8) is 0 Å². The number of hydrogen-bond acceptors (Lipinski definition) is 2. The fourth-order valence-electron chi connectivity index (χ4n) is 1.90. The number of carbonyl (C=O) groups is 1. The van der Waals surface area contributed by atoms with Gasteiger partial charge in [0.05, 0.1) is 6.04 Å². The molecule has 0 aromatic heterocycles. The molecule has 3 heteroatoms. The molecule has 106 valence electrons. The van der Waals surface area contributed by atoms with Gasteiger partial charge in [0, 0.05) is 5.69 Å². The zero-order chi connectivity index (χ0) is 14.6. The molecule has 0 heterocycles. The van der Waals surface area contributed by atoms with Crippen LogP contribution in [0.3, 0.4) is 0 Å². The van der Waals surface area contributed by atoms with Crippen molar-refractivity contribution in [2.24, 2.45) is 0 Å². The molecule has 0 spiro atoms. The lowest BCUT2D eigenvalue weighted by atomic mass is 9.94. The summed E-state index contributed by atoms with van der Waals surface area (Å²) in [6, 6.07) is 6.13. The Bertz CT molecular complexity index is 438. The van der Waals surface area contributed by atoms with Crippen molar-refractivity contribution in [1.29, 1.82) is 0 Å². The number of amides is 1. The van der Waals surface area contributed by atoms with Gasteiger partial charge in [-0.3, -0.25) is 4.79 Å². The number of anilines is 1. The van der Waals surface area contributed by atoms with Crippen LogP contribution in [0, 0.1) is 0 Å². The van der Waals surface area contributed by atoms with Gasteiger partial charge in [0.1, 0.15) is 0 Å². The fraction of sp³-hybridized carbons (Fsp3) is 0.562. The molecule has 19 heavy (non-hydrogen) atoms. The Labute approximate surface area is 116 Å². The highest BCUT2D eigenvalue weighted by Crippen LogP contribution is 2.28. The summed E-state index contributed by atoms with van der Waals surface area (Å²) in [5, 5.41) is 5.96. The Balaban J connectivity index is 3.04. The summed E-state index contributed by atoms with van der Waals surface area (Å²) in [6.07, 6.45) is 0. The molecule has 0 aliphatic heterocycles. The molecular formula is C16H26N2O. The summed E-state index contributed by atoms with van der Waals surface area (Å²) >= 11 is 0. The van der Waals surface area contributed by atoms with Gasteiger partial charge in [-0.15, -0.1) is 0 Å². The van der Waals surface area contributed by atoms with Crippen LogP contribution < -0.4 is 10.6 Å². The highest BCUT2D eigenvalue weighted by atomic mass is 16.2. The van der Waals surface area contributed by atoms with E-state index in [1.54, 1.807) is 7.05 Å². The second-order valence-electron chi connectivity index (χ2n) is 5.66. The van der Waals surface area contributed by atoms with E-state index in [4.69, 9.17) is 0 Å². The molecule has 1 amide bonds. The van der Waals surface area contributed by atoms with Gasteiger partial charge in [-0.1, -0.05) is 39.8 Å². The number of rotatable bonds is 5.